The van der Waals surface area contributed by atoms with Crippen molar-refractivity contribution in [3.63, 3.8) is 0 Å². The second-order valence-corrected chi connectivity index (χ2v) is 7.02. The minimum absolute atomic E-state index is 0.129. The van der Waals surface area contributed by atoms with Gasteiger partial charge in [0.25, 0.3) is 11.8 Å². The van der Waals surface area contributed by atoms with Crippen molar-refractivity contribution in [2.24, 2.45) is 0 Å². The predicted molar refractivity (Wildman–Crippen MR) is 99.0 cm³/mol. The molecule has 0 atom stereocenters. The van der Waals surface area contributed by atoms with E-state index in [4.69, 9.17) is 0 Å². The third kappa shape index (κ3) is 2.87. The van der Waals surface area contributed by atoms with Gasteiger partial charge in [-0.3, -0.25) is 19.3 Å². The number of likely N-dealkylation sites (tertiary alicyclic amines) is 1. The van der Waals surface area contributed by atoms with E-state index in [-0.39, 0.29) is 24.3 Å². The highest BCUT2D eigenvalue weighted by Gasteiger charge is 2.32. The van der Waals surface area contributed by atoms with Crippen molar-refractivity contribution in [2.45, 2.75) is 32.1 Å². The number of hydrogen-bond acceptors (Lipinski definition) is 3. The molecule has 0 spiro atoms. The second-order valence-electron chi connectivity index (χ2n) is 7.02. The zero-order valence-corrected chi connectivity index (χ0v) is 14.7. The van der Waals surface area contributed by atoms with Crippen LogP contribution >= 0.6 is 0 Å². The van der Waals surface area contributed by atoms with Gasteiger partial charge < -0.3 is 4.90 Å². The van der Waals surface area contributed by atoms with Gasteiger partial charge in [-0.15, -0.1) is 0 Å². The molecule has 0 saturated carbocycles. The number of imide groups is 1. The monoisotopic (exact) mass is 350 g/mol. The highest BCUT2D eigenvalue weighted by Crippen LogP contribution is 2.30. The third-order valence-corrected chi connectivity index (χ3v) is 5.34. The number of carbonyl (C=O) groups excluding carboxylic acids is 3. The van der Waals surface area contributed by atoms with E-state index in [0.717, 1.165) is 36.7 Å². The molecule has 2 aromatic rings. The van der Waals surface area contributed by atoms with Crippen LogP contribution in [-0.2, 0) is 4.79 Å². The van der Waals surface area contributed by atoms with E-state index >= 15 is 0 Å². The molecule has 4 rings (SSSR count). The van der Waals surface area contributed by atoms with Crippen molar-refractivity contribution in [1.82, 2.24) is 9.80 Å². The molecule has 1 saturated heterocycles. The van der Waals surface area contributed by atoms with Crippen molar-refractivity contribution < 1.29 is 14.4 Å². The van der Waals surface area contributed by atoms with Crippen LogP contribution in [0.5, 0.6) is 0 Å². The quantitative estimate of drug-likeness (QED) is 0.796. The summed E-state index contributed by atoms with van der Waals surface area (Å²) in [7, 11) is 0. The lowest BCUT2D eigenvalue weighted by Gasteiger charge is -2.28. The van der Waals surface area contributed by atoms with Crippen molar-refractivity contribution in [1.29, 1.82) is 0 Å². The highest BCUT2D eigenvalue weighted by molar-refractivity contribution is 6.25. The van der Waals surface area contributed by atoms with Gasteiger partial charge in [0.05, 0.1) is 0 Å². The van der Waals surface area contributed by atoms with Gasteiger partial charge >= 0.3 is 0 Å². The van der Waals surface area contributed by atoms with Crippen LogP contribution in [0.25, 0.3) is 10.8 Å². The Bertz CT molecular complexity index is 833. The topological polar surface area (TPSA) is 57.7 Å². The van der Waals surface area contributed by atoms with Gasteiger partial charge in [-0.2, -0.15) is 0 Å². The maximum Gasteiger partial charge on any atom is 0.261 e. The van der Waals surface area contributed by atoms with Crippen LogP contribution < -0.4 is 0 Å². The summed E-state index contributed by atoms with van der Waals surface area (Å²) < 4.78 is 0. The lowest BCUT2D eigenvalue weighted by Crippen LogP contribution is -2.41. The Morgan fingerprint density at radius 1 is 0.885 bits per heavy atom. The van der Waals surface area contributed by atoms with Crippen molar-refractivity contribution >= 4 is 28.5 Å². The molecule has 1 fully saturated rings. The van der Waals surface area contributed by atoms with Crippen LogP contribution in [0.3, 0.4) is 0 Å². The van der Waals surface area contributed by atoms with E-state index in [1.165, 1.54) is 11.3 Å². The Hall–Kier alpha value is -2.69. The molecule has 2 aromatic carbocycles. The van der Waals surface area contributed by atoms with Gasteiger partial charge in [0.1, 0.15) is 0 Å². The van der Waals surface area contributed by atoms with Crippen LogP contribution in [0.2, 0.25) is 0 Å². The molecule has 3 amide bonds. The first kappa shape index (κ1) is 16.8. The number of hydrogen-bond donors (Lipinski definition) is 0. The zero-order chi connectivity index (χ0) is 18.1. The van der Waals surface area contributed by atoms with Crippen molar-refractivity contribution in [3.05, 3.63) is 47.5 Å². The van der Waals surface area contributed by atoms with E-state index in [9.17, 15) is 14.4 Å². The second kappa shape index (κ2) is 6.90. The minimum Gasteiger partial charge on any atom is -0.343 e. The molecule has 0 radical (unpaired) electrons. The standard InChI is InChI=1S/C21H22N2O3/c24-18(22-12-2-1-3-13-22)11-6-14-23-20(25)16-9-4-7-15-8-5-10-17(19(15)16)21(23)26/h4-5,7-10H,1-3,6,11-14H2. The van der Waals surface area contributed by atoms with Gasteiger partial charge in [-0.1, -0.05) is 24.3 Å². The molecule has 2 aliphatic heterocycles. The number of benzene rings is 2. The summed E-state index contributed by atoms with van der Waals surface area (Å²) in [5, 5.41) is 1.65. The molecule has 0 aromatic heterocycles. The third-order valence-electron chi connectivity index (χ3n) is 5.34. The van der Waals surface area contributed by atoms with Gasteiger partial charge in [0.15, 0.2) is 0 Å². The Morgan fingerprint density at radius 3 is 2.12 bits per heavy atom. The summed E-state index contributed by atoms with van der Waals surface area (Å²) in [6.45, 7) is 1.94. The Balaban J connectivity index is 1.47. The van der Waals surface area contributed by atoms with Gasteiger partial charge in [-0.05, 0) is 43.2 Å². The van der Waals surface area contributed by atoms with Crippen molar-refractivity contribution in [2.75, 3.05) is 19.6 Å². The summed E-state index contributed by atoms with van der Waals surface area (Å²) in [6.07, 6.45) is 4.20. The van der Waals surface area contributed by atoms with E-state index in [1.807, 2.05) is 29.2 Å². The predicted octanol–water partition coefficient (Wildman–Crippen LogP) is 3.23. The fourth-order valence-corrected chi connectivity index (χ4v) is 3.97. The molecular weight excluding hydrogens is 328 g/mol. The zero-order valence-electron chi connectivity index (χ0n) is 14.7. The molecule has 0 bridgehead atoms. The average molecular weight is 350 g/mol. The maximum absolute atomic E-state index is 12.8. The first-order valence-corrected chi connectivity index (χ1v) is 9.32. The lowest BCUT2D eigenvalue weighted by atomic mass is 9.94. The van der Waals surface area contributed by atoms with E-state index < -0.39 is 0 Å². The fraction of sp³-hybridized carbons (Fsp3) is 0.381. The van der Waals surface area contributed by atoms with Gasteiger partial charge in [0, 0.05) is 42.6 Å². The minimum atomic E-state index is -0.260. The highest BCUT2D eigenvalue weighted by atomic mass is 16.2. The fourth-order valence-electron chi connectivity index (χ4n) is 3.97. The Labute approximate surface area is 152 Å². The van der Waals surface area contributed by atoms with Crippen LogP contribution in [0.1, 0.15) is 52.8 Å². The van der Waals surface area contributed by atoms with E-state index in [0.29, 0.717) is 24.0 Å². The molecule has 5 heteroatoms. The smallest absolute Gasteiger partial charge is 0.261 e. The first-order chi connectivity index (χ1) is 12.7. The Kier molecular flexibility index (Phi) is 4.45. The molecule has 26 heavy (non-hydrogen) atoms. The van der Waals surface area contributed by atoms with Crippen LogP contribution in [0.15, 0.2) is 36.4 Å². The van der Waals surface area contributed by atoms with Gasteiger partial charge in [-0.25, -0.2) is 0 Å². The number of carbonyl (C=O) groups is 3. The van der Waals surface area contributed by atoms with Crippen molar-refractivity contribution in [3.8, 4) is 0 Å². The number of piperidine rings is 1. The summed E-state index contributed by atoms with van der Waals surface area (Å²) in [4.78, 5) is 41.1. The molecule has 2 aliphatic rings. The molecular formula is C21H22N2O3. The molecule has 5 nitrogen and oxygen atoms in total. The van der Waals surface area contributed by atoms with Gasteiger partial charge in [0.2, 0.25) is 5.91 Å². The van der Waals surface area contributed by atoms with Crippen LogP contribution in [0.4, 0.5) is 0 Å². The molecule has 0 N–H and O–H groups in total. The number of rotatable bonds is 4. The summed E-state index contributed by atoms with van der Waals surface area (Å²) >= 11 is 0. The van der Waals surface area contributed by atoms with Crippen LogP contribution in [0, 0.1) is 0 Å². The van der Waals surface area contributed by atoms with E-state index in [2.05, 4.69) is 0 Å². The molecule has 134 valence electrons. The Morgan fingerprint density at radius 2 is 1.50 bits per heavy atom. The summed E-state index contributed by atoms with van der Waals surface area (Å²) in [6, 6.07) is 11.0. The normalized spacial score (nSPS) is 17.1. The average Bonchev–Trinajstić information content (AvgIpc) is 2.69. The first-order valence-electron chi connectivity index (χ1n) is 9.32. The largest absolute Gasteiger partial charge is 0.343 e. The summed E-state index contributed by atoms with van der Waals surface area (Å²) in [5.74, 6) is -0.390. The summed E-state index contributed by atoms with van der Waals surface area (Å²) in [5.41, 5.74) is 1.14. The number of amides is 3. The number of nitrogens with zero attached hydrogens (tertiary/aromatic N) is 2. The maximum atomic E-state index is 12.8. The molecule has 0 unspecified atom stereocenters. The lowest BCUT2D eigenvalue weighted by molar-refractivity contribution is -0.132. The van der Waals surface area contributed by atoms with E-state index in [1.54, 1.807) is 12.1 Å². The molecule has 2 heterocycles. The molecule has 0 aliphatic carbocycles. The van der Waals surface area contributed by atoms with Crippen LogP contribution in [-0.4, -0.2) is 47.2 Å². The SMILES string of the molecule is O=C(CCCN1C(=O)c2cccc3cccc(c23)C1=O)N1CCCCC1.